The van der Waals surface area contributed by atoms with Crippen LogP contribution in [0.5, 0.6) is 0 Å². The number of nitrogens with zero attached hydrogens (tertiary/aromatic N) is 1. The largest absolute Gasteiger partial charge is 0.396 e. The molecule has 1 aliphatic heterocycles. The smallest absolute Gasteiger partial charge is 0.0431 e. The standard InChI is InChI=1S/C14H28N2O/c1-2-7-16-10-12(4-3-8-17)9-14(11-16)15-13-5-6-13/h12-15,17H,2-11H2,1H3. The van der Waals surface area contributed by atoms with Gasteiger partial charge in [-0.25, -0.2) is 0 Å². The molecule has 0 aromatic carbocycles. The lowest BCUT2D eigenvalue weighted by atomic mass is 9.90. The monoisotopic (exact) mass is 240 g/mol. The Morgan fingerprint density at radius 3 is 2.71 bits per heavy atom. The number of piperidine rings is 1. The summed E-state index contributed by atoms with van der Waals surface area (Å²) in [7, 11) is 0. The Kier molecular flexibility index (Phi) is 5.26. The number of hydrogen-bond donors (Lipinski definition) is 2. The van der Waals surface area contributed by atoms with Crippen molar-refractivity contribution in [2.24, 2.45) is 5.92 Å². The third kappa shape index (κ3) is 4.57. The Hall–Kier alpha value is -0.120. The molecule has 2 unspecified atom stereocenters. The fraction of sp³-hybridized carbons (Fsp3) is 1.00. The highest BCUT2D eigenvalue weighted by Gasteiger charge is 2.30. The summed E-state index contributed by atoms with van der Waals surface area (Å²) >= 11 is 0. The van der Waals surface area contributed by atoms with Gasteiger partial charge in [0.25, 0.3) is 0 Å². The summed E-state index contributed by atoms with van der Waals surface area (Å²) in [6.45, 7) is 6.33. The molecule has 1 heterocycles. The van der Waals surface area contributed by atoms with Crippen LogP contribution in [0.2, 0.25) is 0 Å². The van der Waals surface area contributed by atoms with Crippen LogP contribution in [-0.4, -0.2) is 48.3 Å². The Bertz CT molecular complexity index is 218. The van der Waals surface area contributed by atoms with Gasteiger partial charge in [-0.3, -0.25) is 0 Å². The topological polar surface area (TPSA) is 35.5 Å². The van der Waals surface area contributed by atoms with E-state index in [-0.39, 0.29) is 0 Å². The molecular weight excluding hydrogens is 212 g/mol. The second-order valence-electron chi connectivity index (χ2n) is 5.87. The highest BCUT2D eigenvalue weighted by molar-refractivity contribution is 4.90. The van der Waals surface area contributed by atoms with Crippen LogP contribution in [0.3, 0.4) is 0 Å². The van der Waals surface area contributed by atoms with Crippen LogP contribution in [-0.2, 0) is 0 Å². The van der Waals surface area contributed by atoms with Crippen LogP contribution in [0, 0.1) is 5.92 Å². The summed E-state index contributed by atoms with van der Waals surface area (Å²) in [6.07, 6.45) is 7.50. The molecule has 0 aromatic rings. The van der Waals surface area contributed by atoms with Gasteiger partial charge in [-0.1, -0.05) is 6.92 Å². The van der Waals surface area contributed by atoms with E-state index in [0.29, 0.717) is 12.6 Å². The van der Waals surface area contributed by atoms with Gasteiger partial charge in [0, 0.05) is 31.8 Å². The molecule has 0 bridgehead atoms. The van der Waals surface area contributed by atoms with E-state index in [1.54, 1.807) is 0 Å². The van der Waals surface area contributed by atoms with Crippen LogP contribution >= 0.6 is 0 Å². The Balaban J connectivity index is 1.79. The van der Waals surface area contributed by atoms with Gasteiger partial charge < -0.3 is 15.3 Å². The van der Waals surface area contributed by atoms with Crippen molar-refractivity contribution in [2.75, 3.05) is 26.2 Å². The van der Waals surface area contributed by atoms with E-state index >= 15 is 0 Å². The Labute approximate surface area is 106 Å². The van der Waals surface area contributed by atoms with Gasteiger partial charge in [0.15, 0.2) is 0 Å². The lowest BCUT2D eigenvalue weighted by molar-refractivity contribution is 0.129. The maximum absolute atomic E-state index is 8.96. The zero-order chi connectivity index (χ0) is 12.1. The molecule has 0 radical (unpaired) electrons. The lowest BCUT2D eigenvalue weighted by Crippen LogP contribution is -2.50. The molecule has 2 rings (SSSR count). The van der Waals surface area contributed by atoms with Crippen LogP contribution in [0.25, 0.3) is 0 Å². The van der Waals surface area contributed by atoms with Gasteiger partial charge in [0.2, 0.25) is 0 Å². The van der Waals surface area contributed by atoms with E-state index in [2.05, 4.69) is 17.1 Å². The summed E-state index contributed by atoms with van der Waals surface area (Å²) in [4.78, 5) is 2.62. The van der Waals surface area contributed by atoms with Crippen LogP contribution in [0.4, 0.5) is 0 Å². The summed E-state index contributed by atoms with van der Waals surface area (Å²) in [5, 5.41) is 12.7. The third-order valence-corrected chi connectivity index (χ3v) is 3.97. The van der Waals surface area contributed by atoms with Gasteiger partial charge in [0.05, 0.1) is 0 Å². The van der Waals surface area contributed by atoms with Gasteiger partial charge >= 0.3 is 0 Å². The molecule has 2 N–H and O–H groups in total. The van der Waals surface area contributed by atoms with Crippen molar-refractivity contribution in [1.29, 1.82) is 0 Å². The first-order valence-electron chi connectivity index (χ1n) is 7.41. The molecule has 1 saturated heterocycles. The minimum atomic E-state index is 0.352. The molecule has 1 saturated carbocycles. The van der Waals surface area contributed by atoms with E-state index in [0.717, 1.165) is 18.4 Å². The highest BCUT2D eigenvalue weighted by Crippen LogP contribution is 2.25. The molecule has 100 valence electrons. The van der Waals surface area contributed by atoms with Gasteiger partial charge in [-0.15, -0.1) is 0 Å². The third-order valence-electron chi connectivity index (χ3n) is 3.97. The molecule has 2 fully saturated rings. The molecule has 3 nitrogen and oxygen atoms in total. The van der Waals surface area contributed by atoms with E-state index in [9.17, 15) is 0 Å². The van der Waals surface area contributed by atoms with Crippen molar-refractivity contribution in [1.82, 2.24) is 10.2 Å². The SMILES string of the molecule is CCCN1CC(CCCO)CC(NC2CC2)C1. The fourth-order valence-corrected chi connectivity index (χ4v) is 3.09. The normalized spacial score (nSPS) is 30.7. The quantitative estimate of drug-likeness (QED) is 0.710. The first kappa shape index (κ1) is 13.3. The maximum atomic E-state index is 8.96. The van der Waals surface area contributed by atoms with Crippen molar-refractivity contribution in [3.8, 4) is 0 Å². The van der Waals surface area contributed by atoms with Crippen molar-refractivity contribution >= 4 is 0 Å². The minimum Gasteiger partial charge on any atom is -0.396 e. The second kappa shape index (κ2) is 6.72. The van der Waals surface area contributed by atoms with Crippen LogP contribution in [0.1, 0.15) is 45.4 Å². The maximum Gasteiger partial charge on any atom is 0.0431 e. The van der Waals surface area contributed by atoms with E-state index in [1.807, 2.05) is 0 Å². The Morgan fingerprint density at radius 2 is 2.06 bits per heavy atom. The average molecular weight is 240 g/mol. The zero-order valence-corrected chi connectivity index (χ0v) is 11.2. The lowest BCUT2D eigenvalue weighted by Gasteiger charge is -2.38. The number of aliphatic hydroxyl groups excluding tert-OH is 1. The predicted octanol–water partition coefficient (Wildman–Crippen LogP) is 1.61. The molecule has 17 heavy (non-hydrogen) atoms. The van der Waals surface area contributed by atoms with Gasteiger partial charge in [-0.2, -0.15) is 0 Å². The van der Waals surface area contributed by atoms with Gasteiger partial charge in [0.1, 0.15) is 0 Å². The number of rotatable bonds is 7. The molecular formula is C14H28N2O. The predicted molar refractivity (Wildman–Crippen MR) is 71.1 cm³/mol. The summed E-state index contributed by atoms with van der Waals surface area (Å²) in [6, 6.07) is 1.52. The zero-order valence-electron chi connectivity index (χ0n) is 11.2. The van der Waals surface area contributed by atoms with Crippen molar-refractivity contribution in [2.45, 2.75) is 57.5 Å². The van der Waals surface area contributed by atoms with Crippen LogP contribution in [0.15, 0.2) is 0 Å². The van der Waals surface area contributed by atoms with E-state index in [1.165, 1.54) is 51.7 Å². The first-order chi connectivity index (χ1) is 8.31. The first-order valence-corrected chi connectivity index (χ1v) is 7.41. The van der Waals surface area contributed by atoms with Crippen molar-refractivity contribution in [3.63, 3.8) is 0 Å². The van der Waals surface area contributed by atoms with Crippen LogP contribution < -0.4 is 5.32 Å². The molecule has 3 heteroatoms. The fourth-order valence-electron chi connectivity index (χ4n) is 3.09. The van der Waals surface area contributed by atoms with E-state index in [4.69, 9.17) is 5.11 Å². The van der Waals surface area contributed by atoms with Gasteiger partial charge in [-0.05, 0) is 51.0 Å². The molecule has 0 spiro atoms. The molecule has 0 amide bonds. The summed E-state index contributed by atoms with van der Waals surface area (Å²) in [5.74, 6) is 0.790. The second-order valence-corrected chi connectivity index (χ2v) is 5.87. The molecule has 1 aliphatic carbocycles. The van der Waals surface area contributed by atoms with Crippen molar-refractivity contribution in [3.05, 3.63) is 0 Å². The number of aliphatic hydroxyl groups is 1. The molecule has 2 atom stereocenters. The Morgan fingerprint density at radius 1 is 1.24 bits per heavy atom. The van der Waals surface area contributed by atoms with Crippen molar-refractivity contribution < 1.29 is 5.11 Å². The average Bonchev–Trinajstić information content (AvgIpc) is 3.10. The minimum absolute atomic E-state index is 0.352. The number of nitrogens with one attached hydrogen (secondary N) is 1. The van der Waals surface area contributed by atoms with E-state index < -0.39 is 0 Å². The number of likely N-dealkylation sites (tertiary alicyclic amines) is 1. The summed E-state index contributed by atoms with van der Waals surface area (Å²) in [5.41, 5.74) is 0. The summed E-state index contributed by atoms with van der Waals surface area (Å²) < 4.78 is 0. The highest BCUT2D eigenvalue weighted by atomic mass is 16.2. The molecule has 0 aromatic heterocycles. The number of hydrogen-bond acceptors (Lipinski definition) is 3. The molecule has 2 aliphatic rings.